The monoisotopic (exact) mass is 352 g/mol. The number of carbonyl (C=O) groups excluding carboxylic acids is 1. The molecule has 1 aromatic rings. The third-order valence-corrected chi connectivity index (χ3v) is 5.07. The zero-order valence-corrected chi connectivity index (χ0v) is 14.6. The Morgan fingerprint density at radius 2 is 2.04 bits per heavy atom. The number of halogens is 2. The van der Waals surface area contributed by atoms with Crippen LogP contribution >= 0.6 is 0 Å². The molecule has 2 atom stereocenters. The number of likely N-dealkylation sites (N-methyl/N-ethyl adjacent to an activating group) is 1. The van der Waals surface area contributed by atoms with Gasteiger partial charge in [-0.1, -0.05) is 0 Å². The van der Waals surface area contributed by atoms with E-state index in [1.165, 1.54) is 6.07 Å². The predicted molar refractivity (Wildman–Crippen MR) is 93.7 cm³/mol. The summed E-state index contributed by atoms with van der Waals surface area (Å²) in [5, 5.41) is 5.98. The zero-order chi connectivity index (χ0) is 17.8. The van der Waals surface area contributed by atoms with Crippen LogP contribution in [-0.2, 0) is 0 Å². The van der Waals surface area contributed by atoms with Gasteiger partial charge in [0.05, 0.1) is 0 Å². The molecule has 0 spiro atoms. The van der Waals surface area contributed by atoms with E-state index in [1.807, 2.05) is 4.90 Å². The maximum absolute atomic E-state index is 13.4. The van der Waals surface area contributed by atoms with E-state index in [2.05, 4.69) is 22.6 Å². The summed E-state index contributed by atoms with van der Waals surface area (Å²) in [5.74, 6) is -1.34. The van der Waals surface area contributed by atoms with Crippen LogP contribution in [0.3, 0.4) is 0 Å². The number of hydrogen-bond donors (Lipinski definition) is 2. The highest BCUT2D eigenvalue weighted by Crippen LogP contribution is 2.25. The minimum atomic E-state index is -0.828. The maximum Gasteiger partial charge on any atom is 0.315 e. The SMILES string of the molecule is CN1CCC[C@@H](NC(=O)NC[C@@H]2CCN(c3ccc(F)c(F)c3)C2)C1. The van der Waals surface area contributed by atoms with Gasteiger partial charge in [0.15, 0.2) is 11.6 Å². The summed E-state index contributed by atoms with van der Waals surface area (Å²) >= 11 is 0. The largest absolute Gasteiger partial charge is 0.371 e. The molecule has 3 rings (SSSR count). The Labute approximate surface area is 147 Å². The predicted octanol–water partition coefficient (Wildman–Crippen LogP) is 2.18. The summed E-state index contributed by atoms with van der Waals surface area (Å²) in [4.78, 5) is 16.3. The number of hydrogen-bond acceptors (Lipinski definition) is 3. The van der Waals surface area contributed by atoms with Crippen LogP contribution in [0.5, 0.6) is 0 Å². The highest BCUT2D eigenvalue weighted by Gasteiger charge is 2.24. The van der Waals surface area contributed by atoms with Gasteiger partial charge in [-0.2, -0.15) is 0 Å². The Hall–Kier alpha value is -1.89. The molecule has 0 unspecified atom stereocenters. The van der Waals surface area contributed by atoms with E-state index in [4.69, 9.17) is 0 Å². The second kappa shape index (κ2) is 7.99. The van der Waals surface area contributed by atoms with Gasteiger partial charge in [-0.25, -0.2) is 13.6 Å². The number of anilines is 1. The molecule has 1 aromatic carbocycles. The fraction of sp³-hybridized carbons (Fsp3) is 0.611. The molecule has 5 nitrogen and oxygen atoms in total. The van der Waals surface area contributed by atoms with E-state index < -0.39 is 11.6 Å². The van der Waals surface area contributed by atoms with Gasteiger partial charge in [0.25, 0.3) is 0 Å². The first-order chi connectivity index (χ1) is 12.0. The van der Waals surface area contributed by atoms with Gasteiger partial charge >= 0.3 is 6.03 Å². The lowest BCUT2D eigenvalue weighted by molar-refractivity contribution is 0.208. The van der Waals surface area contributed by atoms with Crippen molar-refractivity contribution in [3.8, 4) is 0 Å². The Kier molecular flexibility index (Phi) is 5.73. The van der Waals surface area contributed by atoms with Crippen molar-refractivity contribution >= 4 is 11.7 Å². The summed E-state index contributed by atoms with van der Waals surface area (Å²) in [7, 11) is 2.07. The van der Waals surface area contributed by atoms with E-state index in [9.17, 15) is 13.6 Å². The Bertz CT molecular complexity index is 613. The number of nitrogens with one attached hydrogen (secondary N) is 2. The van der Waals surface area contributed by atoms with E-state index >= 15 is 0 Å². The molecule has 0 saturated carbocycles. The summed E-state index contributed by atoms with van der Waals surface area (Å²) in [6.07, 6.45) is 3.05. The minimum absolute atomic E-state index is 0.119. The van der Waals surface area contributed by atoms with E-state index in [0.717, 1.165) is 51.5 Å². The van der Waals surface area contributed by atoms with Gasteiger partial charge < -0.3 is 20.4 Å². The van der Waals surface area contributed by atoms with Crippen LogP contribution < -0.4 is 15.5 Å². The molecule has 0 radical (unpaired) electrons. The second-order valence-corrected chi connectivity index (χ2v) is 7.15. The number of nitrogens with zero attached hydrogens (tertiary/aromatic N) is 2. The number of urea groups is 1. The summed E-state index contributed by atoms with van der Waals surface area (Å²) in [5.41, 5.74) is 0.691. The lowest BCUT2D eigenvalue weighted by atomic mass is 10.1. The third-order valence-electron chi connectivity index (χ3n) is 5.07. The van der Waals surface area contributed by atoms with E-state index in [-0.39, 0.29) is 12.1 Å². The molecule has 138 valence electrons. The number of rotatable bonds is 4. The number of benzene rings is 1. The fourth-order valence-electron chi connectivity index (χ4n) is 3.67. The molecule has 7 heteroatoms. The first kappa shape index (κ1) is 17.9. The van der Waals surface area contributed by atoms with Crippen LogP contribution in [0.4, 0.5) is 19.3 Å². The average Bonchev–Trinajstić information content (AvgIpc) is 3.04. The molecule has 2 N–H and O–H groups in total. The van der Waals surface area contributed by atoms with Crippen LogP contribution in [0.1, 0.15) is 19.3 Å². The topological polar surface area (TPSA) is 47.6 Å². The highest BCUT2D eigenvalue weighted by atomic mass is 19.2. The van der Waals surface area contributed by atoms with Crippen molar-refractivity contribution < 1.29 is 13.6 Å². The van der Waals surface area contributed by atoms with Crippen LogP contribution in [0.25, 0.3) is 0 Å². The van der Waals surface area contributed by atoms with Crippen LogP contribution in [-0.4, -0.2) is 56.7 Å². The van der Waals surface area contributed by atoms with E-state index in [1.54, 1.807) is 6.07 Å². The van der Waals surface area contributed by atoms with Crippen molar-refractivity contribution in [1.82, 2.24) is 15.5 Å². The molecule has 2 fully saturated rings. The summed E-state index contributed by atoms with van der Waals surface area (Å²) < 4.78 is 26.4. The zero-order valence-electron chi connectivity index (χ0n) is 14.6. The van der Waals surface area contributed by atoms with Crippen molar-refractivity contribution in [1.29, 1.82) is 0 Å². The highest BCUT2D eigenvalue weighted by molar-refractivity contribution is 5.74. The van der Waals surface area contributed by atoms with Crippen molar-refractivity contribution in [3.63, 3.8) is 0 Å². The van der Waals surface area contributed by atoms with Gasteiger partial charge in [-0.3, -0.25) is 0 Å². The Balaban J connectivity index is 1.42. The normalized spacial score (nSPS) is 24.4. The van der Waals surface area contributed by atoms with Gasteiger partial charge in [-0.05, 0) is 50.9 Å². The van der Waals surface area contributed by atoms with Crippen molar-refractivity contribution in [2.75, 3.05) is 44.7 Å². The quantitative estimate of drug-likeness (QED) is 0.873. The van der Waals surface area contributed by atoms with Crippen molar-refractivity contribution in [3.05, 3.63) is 29.8 Å². The van der Waals surface area contributed by atoms with Crippen LogP contribution in [0, 0.1) is 17.6 Å². The number of carbonyl (C=O) groups is 1. The summed E-state index contributed by atoms with van der Waals surface area (Å²) in [6.45, 7) is 4.08. The minimum Gasteiger partial charge on any atom is -0.371 e. The molecular formula is C18H26F2N4O. The number of amides is 2. The molecule has 2 heterocycles. The molecule has 2 saturated heterocycles. The standard InChI is InChI=1S/C18H26F2N4O/c1-23-7-2-3-14(12-23)22-18(25)21-10-13-6-8-24(11-13)15-4-5-16(19)17(20)9-15/h4-5,9,13-14H,2-3,6-8,10-12H2,1H3,(H2,21,22,25)/t13-,14+/m0/s1. The number of piperidine rings is 1. The van der Waals surface area contributed by atoms with Gasteiger partial charge in [0.2, 0.25) is 0 Å². The second-order valence-electron chi connectivity index (χ2n) is 7.15. The molecular weight excluding hydrogens is 326 g/mol. The van der Waals surface area contributed by atoms with Crippen LogP contribution in [0.2, 0.25) is 0 Å². The van der Waals surface area contributed by atoms with Crippen molar-refractivity contribution in [2.24, 2.45) is 5.92 Å². The molecule has 0 aromatic heterocycles. The molecule has 25 heavy (non-hydrogen) atoms. The van der Waals surface area contributed by atoms with E-state index in [0.29, 0.717) is 18.2 Å². The van der Waals surface area contributed by atoms with Crippen LogP contribution in [0.15, 0.2) is 18.2 Å². The maximum atomic E-state index is 13.4. The van der Waals surface area contributed by atoms with Gasteiger partial charge in [0.1, 0.15) is 0 Å². The van der Waals surface area contributed by atoms with Gasteiger partial charge in [-0.15, -0.1) is 0 Å². The third kappa shape index (κ3) is 4.81. The first-order valence-corrected chi connectivity index (χ1v) is 8.94. The molecule has 0 bridgehead atoms. The molecule has 2 aliphatic rings. The molecule has 2 aliphatic heterocycles. The Morgan fingerprint density at radius 3 is 2.80 bits per heavy atom. The first-order valence-electron chi connectivity index (χ1n) is 8.94. The lowest BCUT2D eigenvalue weighted by Crippen LogP contribution is -2.50. The molecule has 2 amide bonds. The smallest absolute Gasteiger partial charge is 0.315 e. The van der Waals surface area contributed by atoms with Gasteiger partial charge in [0, 0.05) is 44.0 Å². The lowest BCUT2D eigenvalue weighted by Gasteiger charge is -2.30. The average molecular weight is 352 g/mol. The van der Waals surface area contributed by atoms with Crippen molar-refractivity contribution in [2.45, 2.75) is 25.3 Å². The molecule has 0 aliphatic carbocycles. The number of likely N-dealkylation sites (tertiary alicyclic amines) is 1. The summed E-state index contributed by atoms with van der Waals surface area (Å²) in [6, 6.07) is 4.08. The Morgan fingerprint density at radius 1 is 1.20 bits per heavy atom. The fourth-order valence-corrected chi connectivity index (χ4v) is 3.67.